The molecule has 0 saturated heterocycles. The summed E-state index contributed by atoms with van der Waals surface area (Å²) in [6, 6.07) is 11.6. The topological polar surface area (TPSA) is 96.4 Å². The van der Waals surface area contributed by atoms with E-state index >= 15 is 0 Å². The second-order valence-electron chi connectivity index (χ2n) is 9.26. The Labute approximate surface area is 221 Å². The van der Waals surface area contributed by atoms with Gasteiger partial charge in [0.25, 0.3) is 0 Å². The van der Waals surface area contributed by atoms with Crippen LogP contribution in [0.5, 0.6) is 6.01 Å². The Morgan fingerprint density at radius 1 is 1.13 bits per heavy atom. The third kappa shape index (κ3) is 5.35. The zero-order valence-corrected chi connectivity index (χ0v) is 20.7. The lowest BCUT2D eigenvalue weighted by atomic mass is 9.73. The number of nitrogens with one attached hydrogen (secondary N) is 2. The average Bonchev–Trinajstić information content (AvgIpc) is 3.25. The Kier molecular flexibility index (Phi) is 7.09. The maximum atomic E-state index is 14.6. The molecule has 202 valence electrons. The van der Waals surface area contributed by atoms with Crippen molar-refractivity contribution in [3.63, 3.8) is 0 Å². The fourth-order valence-electron chi connectivity index (χ4n) is 4.76. The van der Waals surface area contributed by atoms with E-state index in [1.807, 2.05) is 0 Å². The number of hydrogen-bond donors (Lipinski definition) is 3. The zero-order valence-electron chi connectivity index (χ0n) is 20.7. The van der Waals surface area contributed by atoms with Crippen LogP contribution in [0, 0.1) is 5.92 Å². The van der Waals surface area contributed by atoms with Gasteiger partial charge in [-0.05, 0) is 64.8 Å². The number of nitrogens with zero attached hydrogens (tertiary/aromatic N) is 2. The maximum absolute atomic E-state index is 14.6. The van der Waals surface area contributed by atoms with Gasteiger partial charge < -0.3 is 15.3 Å². The van der Waals surface area contributed by atoms with Crippen molar-refractivity contribution in [3.8, 4) is 6.01 Å². The van der Waals surface area contributed by atoms with Crippen molar-refractivity contribution < 1.29 is 32.2 Å². The molecule has 2 aromatic carbocycles. The fourth-order valence-corrected chi connectivity index (χ4v) is 4.76. The average molecular weight is 541 g/mol. The fraction of sp³-hybridized carbons (Fsp3) is 0.250. The van der Waals surface area contributed by atoms with Crippen LogP contribution in [0.1, 0.15) is 59.1 Å². The van der Waals surface area contributed by atoms with Gasteiger partial charge in [-0.15, -0.1) is 0 Å². The first-order valence-electron chi connectivity index (χ1n) is 12.2. The van der Waals surface area contributed by atoms with Gasteiger partial charge >= 0.3 is 18.2 Å². The number of allylic oxidation sites excluding steroid dienone is 1. The smallest absolute Gasteiger partial charge is 0.419 e. The molecule has 0 amide bonds. The standard InChI is InChI=1S/C28H24F4N4O3/c1-39-27-33-14-20(28(30,31)32)25(34-27)24(16-3-2-4-16)23(17-8-5-15(6-9-17)7-12-22(37)38)18-10-11-21-19(13-18)26(29)36-35-21/h5-14,16,26,35-36H,2-4H2,1H3,(H,37,38)/b12-7+,24-23+. The highest BCUT2D eigenvalue weighted by Crippen LogP contribution is 2.48. The first-order valence-corrected chi connectivity index (χ1v) is 12.2. The van der Waals surface area contributed by atoms with Crippen molar-refractivity contribution in [2.45, 2.75) is 31.7 Å². The predicted molar refractivity (Wildman–Crippen MR) is 137 cm³/mol. The lowest BCUT2D eigenvalue weighted by molar-refractivity contribution is -0.138. The molecule has 2 heterocycles. The number of ether oxygens (including phenoxy) is 1. The summed E-state index contributed by atoms with van der Waals surface area (Å²) in [6.45, 7) is 0. The summed E-state index contributed by atoms with van der Waals surface area (Å²) >= 11 is 0. The minimum Gasteiger partial charge on any atom is -0.478 e. The molecule has 0 bridgehead atoms. The molecule has 7 nitrogen and oxygen atoms in total. The van der Waals surface area contributed by atoms with Crippen LogP contribution < -0.4 is 15.6 Å². The molecule has 3 aromatic rings. The third-order valence-corrected chi connectivity index (χ3v) is 6.86. The molecular formula is C28H24F4N4O3. The van der Waals surface area contributed by atoms with Gasteiger partial charge in [0.1, 0.15) is 5.56 Å². The number of aromatic nitrogens is 2. The quantitative estimate of drug-likeness (QED) is 0.185. The van der Waals surface area contributed by atoms with Crippen LogP contribution >= 0.6 is 0 Å². The SMILES string of the molecule is COc1ncc(C(F)(F)F)c(/C(=C(\c2ccc(/C=C/C(=O)O)cc2)c2ccc3c(c2)C(F)NN3)C2CCC2)n1. The molecule has 1 aliphatic carbocycles. The van der Waals surface area contributed by atoms with Crippen molar-refractivity contribution >= 4 is 28.9 Å². The summed E-state index contributed by atoms with van der Waals surface area (Å²) < 4.78 is 62.5. The number of carbonyl (C=O) groups is 1. The van der Waals surface area contributed by atoms with E-state index in [9.17, 15) is 22.4 Å². The van der Waals surface area contributed by atoms with Crippen molar-refractivity contribution in [1.82, 2.24) is 15.4 Å². The Bertz CT molecular complexity index is 1460. The van der Waals surface area contributed by atoms with E-state index in [2.05, 4.69) is 20.8 Å². The molecule has 1 fully saturated rings. The van der Waals surface area contributed by atoms with E-state index in [0.29, 0.717) is 51.9 Å². The van der Waals surface area contributed by atoms with Crippen LogP contribution in [0.2, 0.25) is 0 Å². The van der Waals surface area contributed by atoms with Gasteiger partial charge in [0.2, 0.25) is 0 Å². The van der Waals surface area contributed by atoms with Crippen LogP contribution in [0.4, 0.5) is 23.2 Å². The molecule has 3 N–H and O–H groups in total. The van der Waals surface area contributed by atoms with Gasteiger partial charge in [0, 0.05) is 17.8 Å². The number of carboxylic acids is 1. The number of anilines is 1. The van der Waals surface area contributed by atoms with E-state index < -0.39 is 24.0 Å². The normalized spacial score (nSPS) is 17.8. The number of rotatable bonds is 7. The third-order valence-electron chi connectivity index (χ3n) is 6.86. The van der Waals surface area contributed by atoms with E-state index in [4.69, 9.17) is 9.84 Å². The highest BCUT2D eigenvalue weighted by atomic mass is 19.4. The van der Waals surface area contributed by atoms with Gasteiger partial charge in [-0.2, -0.15) is 18.2 Å². The van der Waals surface area contributed by atoms with Gasteiger partial charge in [0.05, 0.1) is 18.5 Å². The number of fused-ring (bicyclic) bond motifs is 1. The number of hydrazine groups is 1. The van der Waals surface area contributed by atoms with Crippen LogP contribution in [0.3, 0.4) is 0 Å². The summed E-state index contributed by atoms with van der Waals surface area (Å²) in [4.78, 5) is 18.8. The van der Waals surface area contributed by atoms with Crippen LogP contribution in [-0.4, -0.2) is 28.2 Å². The zero-order chi connectivity index (χ0) is 27.7. The second kappa shape index (κ2) is 10.5. The molecular weight excluding hydrogens is 516 g/mol. The van der Waals surface area contributed by atoms with Gasteiger partial charge in [-0.1, -0.05) is 36.8 Å². The molecule has 0 radical (unpaired) electrons. The van der Waals surface area contributed by atoms with Gasteiger partial charge in [0.15, 0.2) is 6.30 Å². The van der Waals surface area contributed by atoms with E-state index in [0.717, 1.165) is 18.7 Å². The molecule has 5 rings (SSSR count). The number of benzene rings is 2. The molecule has 39 heavy (non-hydrogen) atoms. The predicted octanol–water partition coefficient (Wildman–Crippen LogP) is 6.26. The summed E-state index contributed by atoms with van der Waals surface area (Å²) in [5, 5.41) is 8.94. The first kappa shape index (κ1) is 26.4. The first-order chi connectivity index (χ1) is 18.7. The van der Waals surface area contributed by atoms with Crippen LogP contribution in [0.15, 0.2) is 54.7 Å². The minimum atomic E-state index is -4.73. The number of aliphatic carboxylic acids is 1. The van der Waals surface area contributed by atoms with Crippen molar-refractivity contribution in [2.24, 2.45) is 5.92 Å². The Balaban J connectivity index is 1.80. The lowest BCUT2D eigenvalue weighted by Crippen LogP contribution is -2.20. The monoisotopic (exact) mass is 540 g/mol. The summed E-state index contributed by atoms with van der Waals surface area (Å²) in [5.41, 5.74) is 7.37. The summed E-state index contributed by atoms with van der Waals surface area (Å²) in [6.07, 6.45) is -0.941. The highest BCUT2D eigenvalue weighted by molar-refractivity contribution is 6.00. The van der Waals surface area contributed by atoms with Crippen LogP contribution in [0.25, 0.3) is 17.2 Å². The molecule has 1 aliphatic heterocycles. The molecule has 1 saturated carbocycles. The molecule has 0 spiro atoms. The summed E-state index contributed by atoms with van der Waals surface area (Å²) in [7, 11) is 1.28. The Hall–Kier alpha value is -4.25. The summed E-state index contributed by atoms with van der Waals surface area (Å²) in [5.74, 6) is -1.34. The number of alkyl halides is 4. The Morgan fingerprint density at radius 3 is 2.46 bits per heavy atom. The van der Waals surface area contributed by atoms with Crippen molar-refractivity contribution in [2.75, 3.05) is 12.5 Å². The number of carboxylic acid groups (broad SMARTS) is 1. The largest absolute Gasteiger partial charge is 0.478 e. The van der Waals surface area contributed by atoms with Gasteiger partial charge in [-0.3, -0.25) is 0 Å². The van der Waals surface area contributed by atoms with E-state index in [1.165, 1.54) is 13.2 Å². The van der Waals surface area contributed by atoms with Gasteiger partial charge in [-0.25, -0.2) is 19.6 Å². The Morgan fingerprint density at radius 2 is 1.85 bits per heavy atom. The molecule has 1 atom stereocenters. The number of halogens is 4. The number of hydrogen-bond acceptors (Lipinski definition) is 6. The van der Waals surface area contributed by atoms with Crippen molar-refractivity contribution in [3.05, 3.63) is 88.2 Å². The van der Waals surface area contributed by atoms with E-state index in [-0.39, 0.29) is 17.6 Å². The highest BCUT2D eigenvalue weighted by Gasteiger charge is 2.39. The molecule has 1 aromatic heterocycles. The molecule has 11 heteroatoms. The molecule has 2 aliphatic rings. The van der Waals surface area contributed by atoms with E-state index in [1.54, 1.807) is 42.5 Å². The van der Waals surface area contributed by atoms with Crippen LogP contribution in [-0.2, 0) is 11.0 Å². The minimum absolute atomic E-state index is 0.200. The lowest BCUT2D eigenvalue weighted by Gasteiger charge is -2.32. The number of methoxy groups -OCH3 is 1. The van der Waals surface area contributed by atoms with Crippen molar-refractivity contribution in [1.29, 1.82) is 0 Å². The maximum Gasteiger partial charge on any atom is 0.419 e. The molecule has 1 unspecified atom stereocenters. The second-order valence-corrected chi connectivity index (χ2v) is 9.26.